The number of aromatic nitrogens is 2. The number of amides is 1. The van der Waals surface area contributed by atoms with Crippen LogP contribution in [0.15, 0.2) is 60.8 Å². The van der Waals surface area contributed by atoms with Crippen molar-refractivity contribution in [1.82, 2.24) is 15.3 Å². The van der Waals surface area contributed by atoms with E-state index in [9.17, 15) is 4.79 Å². The summed E-state index contributed by atoms with van der Waals surface area (Å²) >= 11 is 0. The zero-order chi connectivity index (χ0) is 23.3. The van der Waals surface area contributed by atoms with Gasteiger partial charge in [0, 0.05) is 18.3 Å². The lowest BCUT2D eigenvalue weighted by Gasteiger charge is -2.30. The van der Waals surface area contributed by atoms with Gasteiger partial charge in [-0.25, -0.2) is 4.98 Å². The summed E-state index contributed by atoms with van der Waals surface area (Å²) in [5.41, 5.74) is 1.68. The smallest absolute Gasteiger partial charge is 0.259 e. The monoisotopic (exact) mass is 459 g/mol. The van der Waals surface area contributed by atoms with Gasteiger partial charge in [0.1, 0.15) is 5.82 Å². The van der Waals surface area contributed by atoms with Crippen LogP contribution in [0.5, 0.6) is 11.5 Å². The molecule has 2 N–H and O–H groups in total. The molecule has 8 nitrogen and oxygen atoms in total. The molecule has 8 heteroatoms. The number of benzene rings is 2. The van der Waals surface area contributed by atoms with Gasteiger partial charge in [0.2, 0.25) is 12.7 Å². The first-order chi connectivity index (χ1) is 16.7. The van der Waals surface area contributed by atoms with Crippen molar-refractivity contribution in [2.75, 3.05) is 36.6 Å². The van der Waals surface area contributed by atoms with Crippen LogP contribution < -0.4 is 25.0 Å². The molecular formula is C26H29N5O3. The summed E-state index contributed by atoms with van der Waals surface area (Å²) in [6.07, 6.45) is 3.74. The summed E-state index contributed by atoms with van der Waals surface area (Å²) < 4.78 is 10.9. The fourth-order valence-corrected chi connectivity index (χ4v) is 4.38. The molecule has 1 saturated heterocycles. The molecule has 0 aliphatic carbocycles. The molecule has 34 heavy (non-hydrogen) atoms. The van der Waals surface area contributed by atoms with E-state index in [1.54, 1.807) is 35.4 Å². The van der Waals surface area contributed by atoms with Gasteiger partial charge in [-0.15, -0.1) is 0 Å². The summed E-state index contributed by atoms with van der Waals surface area (Å²) in [7, 11) is 0. The molecule has 2 aliphatic heterocycles. The molecule has 3 aromatic rings. The van der Waals surface area contributed by atoms with E-state index in [1.807, 2.05) is 18.2 Å². The number of ether oxygens (including phenoxy) is 2. The number of nitrogens with zero attached hydrogens (tertiary/aromatic N) is 3. The minimum atomic E-state index is -0.113. The molecule has 0 saturated carbocycles. The Hall–Kier alpha value is -3.65. The van der Waals surface area contributed by atoms with E-state index >= 15 is 0 Å². The van der Waals surface area contributed by atoms with E-state index in [-0.39, 0.29) is 18.7 Å². The minimum absolute atomic E-state index is 0.0267. The number of hydrogen-bond donors (Lipinski definition) is 2. The maximum absolute atomic E-state index is 13.7. The van der Waals surface area contributed by atoms with Gasteiger partial charge in [0.05, 0.1) is 6.04 Å². The normalized spacial score (nSPS) is 16.1. The van der Waals surface area contributed by atoms with E-state index < -0.39 is 0 Å². The number of anilines is 2. The zero-order valence-electron chi connectivity index (χ0n) is 19.2. The molecule has 3 heterocycles. The van der Waals surface area contributed by atoms with Gasteiger partial charge >= 0.3 is 0 Å². The first-order valence-corrected chi connectivity index (χ1v) is 11.7. The van der Waals surface area contributed by atoms with Gasteiger partial charge in [-0.05, 0) is 68.6 Å². The largest absolute Gasteiger partial charge is 0.454 e. The van der Waals surface area contributed by atoms with Crippen molar-refractivity contribution in [1.29, 1.82) is 0 Å². The van der Waals surface area contributed by atoms with Crippen LogP contribution in [0.3, 0.4) is 0 Å². The summed E-state index contributed by atoms with van der Waals surface area (Å²) in [5.74, 6) is 2.60. The molecular weight excluding hydrogens is 430 g/mol. The lowest BCUT2D eigenvalue weighted by atomic mass is 9.97. The van der Waals surface area contributed by atoms with Crippen LogP contribution in [0.1, 0.15) is 41.7 Å². The SMILES string of the molecule is C[C@H](Nc1nccc(N(CC2CCNCC2)C(=O)c2ccc3c(c2)OCO3)n1)c1ccccc1. The van der Waals surface area contributed by atoms with Crippen LogP contribution >= 0.6 is 0 Å². The molecule has 2 aliphatic rings. The second-order valence-corrected chi connectivity index (χ2v) is 8.69. The van der Waals surface area contributed by atoms with Crippen LogP contribution in [0, 0.1) is 5.92 Å². The molecule has 1 atom stereocenters. The Kier molecular flexibility index (Phi) is 6.58. The van der Waals surface area contributed by atoms with Crippen molar-refractivity contribution in [2.45, 2.75) is 25.8 Å². The molecule has 1 fully saturated rings. The maximum Gasteiger partial charge on any atom is 0.259 e. The first-order valence-electron chi connectivity index (χ1n) is 11.7. The number of hydrogen-bond acceptors (Lipinski definition) is 7. The van der Waals surface area contributed by atoms with Crippen LogP contribution in [0.2, 0.25) is 0 Å². The fraction of sp³-hybridized carbons (Fsp3) is 0.346. The lowest BCUT2D eigenvalue weighted by Crippen LogP contribution is -2.40. The van der Waals surface area contributed by atoms with E-state index in [2.05, 4.69) is 34.7 Å². The number of carbonyl (C=O) groups excluding carboxylic acids is 1. The van der Waals surface area contributed by atoms with E-state index in [0.717, 1.165) is 31.5 Å². The highest BCUT2D eigenvalue weighted by Gasteiger charge is 2.26. The number of fused-ring (bicyclic) bond motifs is 1. The second kappa shape index (κ2) is 10.1. The minimum Gasteiger partial charge on any atom is -0.454 e. The maximum atomic E-state index is 13.7. The summed E-state index contributed by atoms with van der Waals surface area (Å²) in [6.45, 7) is 4.76. The van der Waals surface area contributed by atoms with Crippen molar-refractivity contribution >= 4 is 17.7 Å². The highest BCUT2D eigenvalue weighted by Crippen LogP contribution is 2.33. The Labute approximate surface area is 199 Å². The fourth-order valence-electron chi connectivity index (χ4n) is 4.38. The molecule has 1 aromatic heterocycles. The molecule has 0 spiro atoms. The van der Waals surface area contributed by atoms with Gasteiger partial charge in [0.15, 0.2) is 11.5 Å². The molecule has 5 rings (SSSR count). The lowest BCUT2D eigenvalue weighted by molar-refractivity contribution is 0.0979. The van der Waals surface area contributed by atoms with Crippen LogP contribution in [-0.4, -0.2) is 42.3 Å². The average molecular weight is 460 g/mol. The van der Waals surface area contributed by atoms with E-state index in [1.165, 1.54) is 0 Å². The third-order valence-corrected chi connectivity index (χ3v) is 6.33. The molecule has 0 bridgehead atoms. The topological polar surface area (TPSA) is 88.6 Å². The molecule has 1 amide bonds. The summed E-state index contributed by atoms with van der Waals surface area (Å²) in [4.78, 5) is 24.6. The number of carbonyl (C=O) groups is 1. The van der Waals surface area contributed by atoms with Gasteiger partial charge in [-0.1, -0.05) is 30.3 Å². The predicted octanol–water partition coefficient (Wildman–Crippen LogP) is 4.02. The van der Waals surface area contributed by atoms with Crippen LogP contribution in [0.25, 0.3) is 0 Å². The summed E-state index contributed by atoms with van der Waals surface area (Å²) in [5, 5.41) is 6.76. The van der Waals surface area contributed by atoms with Crippen molar-refractivity contribution in [3.8, 4) is 11.5 Å². The van der Waals surface area contributed by atoms with E-state index in [4.69, 9.17) is 14.5 Å². The van der Waals surface area contributed by atoms with Gasteiger partial charge in [0.25, 0.3) is 5.91 Å². The van der Waals surface area contributed by atoms with Crippen molar-refractivity contribution in [2.24, 2.45) is 5.92 Å². The zero-order valence-corrected chi connectivity index (χ0v) is 19.2. The highest BCUT2D eigenvalue weighted by molar-refractivity contribution is 6.06. The highest BCUT2D eigenvalue weighted by atomic mass is 16.7. The molecule has 0 unspecified atom stereocenters. The van der Waals surface area contributed by atoms with Crippen LogP contribution in [0.4, 0.5) is 11.8 Å². The number of rotatable bonds is 7. The summed E-state index contributed by atoms with van der Waals surface area (Å²) in [6, 6.07) is 17.3. The Balaban J connectivity index is 1.41. The Morgan fingerprint density at radius 2 is 1.91 bits per heavy atom. The van der Waals surface area contributed by atoms with E-state index in [0.29, 0.717) is 41.3 Å². The Bertz CT molecular complexity index is 1130. The van der Waals surface area contributed by atoms with Gasteiger partial charge in [-0.3, -0.25) is 9.69 Å². The predicted molar refractivity (Wildman–Crippen MR) is 130 cm³/mol. The average Bonchev–Trinajstić information content (AvgIpc) is 3.36. The molecule has 176 valence electrons. The van der Waals surface area contributed by atoms with Crippen LogP contribution in [-0.2, 0) is 0 Å². The first kappa shape index (κ1) is 22.2. The third-order valence-electron chi connectivity index (χ3n) is 6.33. The third kappa shape index (κ3) is 4.97. The molecule has 2 aromatic carbocycles. The standard InChI is InChI=1S/C26H29N5O3/c1-18(20-5-3-2-4-6-20)29-26-28-14-11-24(30-26)31(16-19-9-12-27-13-10-19)25(32)21-7-8-22-23(15-21)34-17-33-22/h2-8,11,14-15,18-19,27H,9-10,12-13,16-17H2,1H3,(H,28,29,30)/t18-/m0/s1. The Morgan fingerprint density at radius 3 is 2.74 bits per heavy atom. The van der Waals surface area contributed by atoms with Crippen molar-refractivity contribution in [3.63, 3.8) is 0 Å². The quantitative estimate of drug-likeness (QED) is 0.552. The van der Waals surface area contributed by atoms with Gasteiger partial charge < -0.3 is 20.1 Å². The number of piperidine rings is 1. The molecule has 0 radical (unpaired) electrons. The number of nitrogens with one attached hydrogen (secondary N) is 2. The van der Waals surface area contributed by atoms with Crippen molar-refractivity contribution in [3.05, 3.63) is 71.9 Å². The second-order valence-electron chi connectivity index (χ2n) is 8.69. The van der Waals surface area contributed by atoms with Crippen molar-refractivity contribution < 1.29 is 14.3 Å². The van der Waals surface area contributed by atoms with Gasteiger partial charge in [-0.2, -0.15) is 4.98 Å². The Morgan fingerprint density at radius 1 is 1.12 bits per heavy atom.